The predicted molar refractivity (Wildman–Crippen MR) is 53.2 cm³/mol. The third kappa shape index (κ3) is 1.08. The topological polar surface area (TPSA) is 0 Å². The van der Waals surface area contributed by atoms with Crippen LogP contribution in [0.2, 0.25) is 0 Å². The van der Waals surface area contributed by atoms with Gasteiger partial charge >= 0.3 is 0 Å². The zero-order valence-corrected chi connectivity index (χ0v) is 7.72. The zero-order chi connectivity index (χ0) is 8.55. The summed E-state index contributed by atoms with van der Waals surface area (Å²) in [6, 6.07) is 6.77. The van der Waals surface area contributed by atoms with Crippen LogP contribution in [0, 0.1) is 6.92 Å². The third-order valence-corrected chi connectivity index (χ3v) is 2.62. The molecule has 1 aliphatic rings. The van der Waals surface area contributed by atoms with E-state index in [-0.39, 0.29) is 0 Å². The first-order chi connectivity index (χ1) is 5.81. The van der Waals surface area contributed by atoms with E-state index < -0.39 is 0 Å². The Morgan fingerprint density at radius 3 is 2.83 bits per heavy atom. The monoisotopic (exact) mass is 158 g/mol. The van der Waals surface area contributed by atoms with Gasteiger partial charge in [-0.15, -0.1) is 0 Å². The maximum atomic E-state index is 2.31. The highest BCUT2D eigenvalue weighted by atomic mass is 14.2. The van der Waals surface area contributed by atoms with Crippen LogP contribution < -0.4 is 0 Å². The van der Waals surface area contributed by atoms with Gasteiger partial charge < -0.3 is 0 Å². The van der Waals surface area contributed by atoms with Gasteiger partial charge in [-0.05, 0) is 43.4 Å². The number of hydrogen-bond donors (Lipinski definition) is 0. The van der Waals surface area contributed by atoms with E-state index in [1.54, 1.807) is 0 Å². The standard InChI is InChI=1S/C12H14/c1-3-10-5-6-11-8-9(2)4-7-12(10)11/h3-4,7-8H,5-6H2,1-2H3/b10-3+. The van der Waals surface area contributed by atoms with E-state index in [1.807, 2.05) is 0 Å². The number of rotatable bonds is 0. The normalized spacial score (nSPS) is 18.3. The van der Waals surface area contributed by atoms with E-state index in [1.165, 1.54) is 35.1 Å². The van der Waals surface area contributed by atoms with Crippen molar-refractivity contribution < 1.29 is 0 Å². The van der Waals surface area contributed by atoms with Crippen LogP contribution in [0.3, 0.4) is 0 Å². The first kappa shape index (κ1) is 7.60. The molecule has 12 heavy (non-hydrogen) atoms. The molecule has 0 N–H and O–H groups in total. The van der Waals surface area contributed by atoms with Gasteiger partial charge in [0.05, 0.1) is 0 Å². The Morgan fingerprint density at radius 2 is 2.08 bits per heavy atom. The Morgan fingerprint density at radius 1 is 1.25 bits per heavy atom. The van der Waals surface area contributed by atoms with Crippen molar-refractivity contribution in [2.75, 3.05) is 0 Å². The largest absolute Gasteiger partial charge is 0.0838 e. The summed E-state index contributed by atoms with van der Waals surface area (Å²) in [4.78, 5) is 0. The van der Waals surface area contributed by atoms with Gasteiger partial charge in [0.1, 0.15) is 0 Å². The maximum absolute atomic E-state index is 2.31. The Hall–Kier alpha value is -1.04. The summed E-state index contributed by atoms with van der Waals surface area (Å²) < 4.78 is 0. The van der Waals surface area contributed by atoms with Gasteiger partial charge in [0, 0.05) is 0 Å². The van der Waals surface area contributed by atoms with Crippen molar-refractivity contribution in [2.24, 2.45) is 0 Å². The molecule has 0 nitrogen and oxygen atoms in total. The molecule has 2 rings (SSSR count). The molecule has 0 aliphatic heterocycles. The molecule has 0 fully saturated rings. The van der Waals surface area contributed by atoms with Crippen molar-refractivity contribution >= 4 is 5.57 Å². The summed E-state index contributed by atoms with van der Waals surface area (Å²) in [5.74, 6) is 0. The summed E-state index contributed by atoms with van der Waals surface area (Å²) in [6.07, 6.45) is 4.70. The molecule has 1 aromatic carbocycles. The van der Waals surface area contributed by atoms with Gasteiger partial charge in [0.2, 0.25) is 0 Å². The highest BCUT2D eigenvalue weighted by molar-refractivity contribution is 5.72. The van der Waals surface area contributed by atoms with Crippen molar-refractivity contribution in [3.8, 4) is 0 Å². The molecule has 0 bridgehead atoms. The first-order valence-electron chi connectivity index (χ1n) is 4.56. The van der Waals surface area contributed by atoms with Crippen LogP contribution >= 0.6 is 0 Å². The average Bonchev–Trinajstić information content (AvgIpc) is 2.46. The molecule has 1 aromatic rings. The fourth-order valence-electron chi connectivity index (χ4n) is 1.95. The van der Waals surface area contributed by atoms with Crippen molar-refractivity contribution in [3.63, 3.8) is 0 Å². The molecule has 0 atom stereocenters. The average molecular weight is 158 g/mol. The van der Waals surface area contributed by atoms with Crippen LogP contribution in [-0.4, -0.2) is 0 Å². The lowest BCUT2D eigenvalue weighted by molar-refractivity contribution is 1.08. The number of benzene rings is 1. The number of fused-ring (bicyclic) bond motifs is 1. The molecular formula is C12H14. The lowest BCUT2D eigenvalue weighted by atomic mass is 10.1. The lowest BCUT2D eigenvalue weighted by Crippen LogP contribution is -1.81. The zero-order valence-electron chi connectivity index (χ0n) is 7.72. The highest BCUT2D eigenvalue weighted by Crippen LogP contribution is 2.32. The number of allylic oxidation sites excluding steroid dienone is 2. The van der Waals surface area contributed by atoms with E-state index in [0.717, 1.165) is 0 Å². The second-order valence-electron chi connectivity index (χ2n) is 3.47. The van der Waals surface area contributed by atoms with E-state index in [9.17, 15) is 0 Å². The molecule has 0 aromatic heterocycles. The van der Waals surface area contributed by atoms with Crippen LogP contribution in [0.4, 0.5) is 0 Å². The molecule has 0 saturated heterocycles. The van der Waals surface area contributed by atoms with Crippen LogP contribution in [-0.2, 0) is 6.42 Å². The second-order valence-corrected chi connectivity index (χ2v) is 3.47. The molecule has 0 amide bonds. The molecule has 0 unspecified atom stereocenters. The van der Waals surface area contributed by atoms with E-state index >= 15 is 0 Å². The van der Waals surface area contributed by atoms with Crippen LogP contribution in [0.25, 0.3) is 5.57 Å². The van der Waals surface area contributed by atoms with Gasteiger partial charge in [-0.3, -0.25) is 0 Å². The van der Waals surface area contributed by atoms with E-state index in [0.29, 0.717) is 0 Å². The Labute approximate surface area is 73.9 Å². The fraction of sp³-hybridized carbons (Fsp3) is 0.333. The first-order valence-corrected chi connectivity index (χ1v) is 4.56. The lowest BCUT2D eigenvalue weighted by Gasteiger charge is -2.00. The van der Waals surface area contributed by atoms with Crippen molar-refractivity contribution in [1.29, 1.82) is 0 Å². The Balaban J connectivity index is 2.55. The summed E-state index contributed by atoms with van der Waals surface area (Å²) in [5, 5.41) is 0. The maximum Gasteiger partial charge on any atom is -0.0195 e. The molecule has 1 aliphatic carbocycles. The quantitative estimate of drug-likeness (QED) is 0.543. The van der Waals surface area contributed by atoms with E-state index in [4.69, 9.17) is 0 Å². The molecule has 0 heterocycles. The van der Waals surface area contributed by atoms with Crippen molar-refractivity contribution in [1.82, 2.24) is 0 Å². The van der Waals surface area contributed by atoms with Gasteiger partial charge in [-0.2, -0.15) is 0 Å². The third-order valence-electron chi connectivity index (χ3n) is 2.62. The van der Waals surface area contributed by atoms with Crippen molar-refractivity contribution in [2.45, 2.75) is 26.7 Å². The summed E-state index contributed by atoms with van der Waals surface area (Å²) in [6.45, 7) is 4.29. The fourth-order valence-corrected chi connectivity index (χ4v) is 1.95. The second kappa shape index (κ2) is 2.78. The van der Waals surface area contributed by atoms with Gasteiger partial charge in [-0.25, -0.2) is 0 Å². The number of hydrogen-bond acceptors (Lipinski definition) is 0. The van der Waals surface area contributed by atoms with Crippen LogP contribution in [0.1, 0.15) is 30.0 Å². The summed E-state index contributed by atoms with van der Waals surface area (Å²) >= 11 is 0. The SMILES string of the molecule is C/C=C1\CCc2cc(C)ccc21. The minimum absolute atomic E-state index is 1.23. The predicted octanol–water partition coefficient (Wildman–Crippen LogP) is 3.34. The van der Waals surface area contributed by atoms with Gasteiger partial charge in [-0.1, -0.05) is 29.8 Å². The molecule has 0 radical (unpaired) electrons. The minimum Gasteiger partial charge on any atom is -0.0838 e. The minimum atomic E-state index is 1.23. The molecule has 0 spiro atoms. The van der Waals surface area contributed by atoms with Crippen molar-refractivity contribution in [3.05, 3.63) is 41.0 Å². The smallest absolute Gasteiger partial charge is 0.0195 e. The Kier molecular flexibility index (Phi) is 1.76. The van der Waals surface area contributed by atoms with Gasteiger partial charge in [0.15, 0.2) is 0 Å². The van der Waals surface area contributed by atoms with Gasteiger partial charge in [0.25, 0.3) is 0 Å². The number of aryl methyl sites for hydroxylation is 2. The van der Waals surface area contributed by atoms with Crippen LogP contribution in [0.5, 0.6) is 0 Å². The molecular weight excluding hydrogens is 144 g/mol. The van der Waals surface area contributed by atoms with E-state index in [2.05, 4.69) is 38.1 Å². The molecule has 62 valence electrons. The Bertz CT molecular complexity index is 332. The summed E-state index contributed by atoms with van der Waals surface area (Å²) in [5.41, 5.74) is 5.90. The molecule has 0 heteroatoms. The van der Waals surface area contributed by atoms with Crippen LogP contribution in [0.15, 0.2) is 24.3 Å². The summed E-state index contributed by atoms with van der Waals surface area (Å²) in [7, 11) is 0. The highest BCUT2D eigenvalue weighted by Gasteiger charge is 2.14. The molecule has 0 saturated carbocycles.